The molecule has 0 aliphatic carbocycles. The Morgan fingerprint density at radius 3 is 2.58 bits per heavy atom. The average molecular weight is 374 g/mol. The van der Waals surface area contributed by atoms with Crippen LogP contribution in [0.4, 0.5) is 11.4 Å². The van der Waals surface area contributed by atoms with E-state index in [-0.39, 0.29) is 11.7 Å². The molecule has 1 N–H and O–H groups in total. The summed E-state index contributed by atoms with van der Waals surface area (Å²) in [5.74, 6) is 0.789. The van der Waals surface area contributed by atoms with Crippen molar-refractivity contribution in [1.82, 2.24) is 0 Å². The quantitative estimate of drug-likeness (QED) is 0.861. The highest BCUT2D eigenvalue weighted by molar-refractivity contribution is 7.92. The SMILES string of the molecule is CCCCS(=O)(=O)Nc1ccc2c(c1)C(=O)N(C)c1cc(C)ccc1O2. The number of amides is 1. The lowest BCUT2D eigenvalue weighted by Gasteiger charge is -2.17. The Morgan fingerprint density at radius 1 is 1.12 bits per heavy atom. The first-order valence-electron chi connectivity index (χ1n) is 8.52. The summed E-state index contributed by atoms with van der Waals surface area (Å²) in [5, 5.41) is 0. The lowest BCUT2D eigenvalue weighted by atomic mass is 10.1. The number of rotatable bonds is 5. The first kappa shape index (κ1) is 18.3. The molecule has 0 bridgehead atoms. The third kappa shape index (κ3) is 3.67. The van der Waals surface area contributed by atoms with Gasteiger partial charge >= 0.3 is 0 Å². The molecule has 0 saturated heterocycles. The van der Waals surface area contributed by atoms with Gasteiger partial charge in [-0.1, -0.05) is 19.4 Å². The van der Waals surface area contributed by atoms with Gasteiger partial charge in [0.05, 0.1) is 17.0 Å². The fourth-order valence-electron chi connectivity index (χ4n) is 2.80. The summed E-state index contributed by atoms with van der Waals surface area (Å²) in [5.41, 5.74) is 2.36. The molecule has 7 heteroatoms. The number of fused-ring (bicyclic) bond motifs is 2. The number of anilines is 2. The number of nitrogens with zero attached hydrogens (tertiary/aromatic N) is 1. The van der Waals surface area contributed by atoms with Gasteiger partial charge in [-0.2, -0.15) is 0 Å². The van der Waals surface area contributed by atoms with Crippen molar-refractivity contribution < 1.29 is 17.9 Å². The molecule has 3 rings (SSSR count). The van der Waals surface area contributed by atoms with Gasteiger partial charge in [0.2, 0.25) is 10.0 Å². The first-order chi connectivity index (χ1) is 12.3. The summed E-state index contributed by atoms with van der Waals surface area (Å²) in [6, 6.07) is 10.4. The molecule has 0 fully saturated rings. The highest BCUT2D eigenvalue weighted by atomic mass is 32.2. The molecule has 0 aromatic heterocycles. The van der Waals surface area contributed by atoms with Crippen LogP contribution in [0.5, 0.6) is 11.5 Å². The van der Waals surface area contributed by atoms with Crippen LogP contribution in [0.15, 0.2) is 36.4 Å². The maximum Gasteiger partial charge on any atom is 0.261 e. The van der Waals surface area contributed by atoms with Crippen LogP contribution in [0, 0.1) is 6.92 Å². The van der Waals surface area contributed by atoms with Crippen molar-refractivity contribution in [3.05, 3.63) is 47.5 Å². The van der Waals surface area contributed by atoms with Gasteiger partial charge in [-0.25, -0.2) is 8.42 Å². The molecule has 2 aromatic carbocycles. The van der Waals surface area contributed by atoms with Crippen molar-refractivity contribution in [2.24, 2.45) is 0 Å². The summed E-state index contributed by atoms with van der Waals surface area (Å²) < 4.78 is 32.7. The third-order valence-electron chi connectivity index (χ3n) is 4.25. The number of hydrogen-bond donors (Lipinski definition) is 1. The van der Waals surface area contributed by atoms with E-state index in [0.717, 1.165) is 12.0 Å². The Balaban J connectivity index is 1.96. The molecule has 1 amide bonds. The summed E-state index contributed by atoms with van der Waals surface area (Å²) >= 11 is 0. The predicted octanol–water partition coefficient (Wildman–Crippen LogP) is 3.92. The normalized spacial score (nSPS) is 13.5. The lowest BCUT2D eigenvalue weighted by molar-refractivity contribution is 0.0993. The molecular formula is C19H22N2O4S. The minimum absolute atomic E-state index is 0.0512. The van der Waals surface area contributed by atoms with E-state index in [9.17, 15) is 13.2 Å². The van der Waals surface area contributed by atoms with Crippen LogP contribution >= 0.6 is 0 Å². The van der Waals surface area contributed by atoms with E-state index >= 15 is 0 Å². The Bertz CT molecular complexity index is 954. The monoisotopic (exact) mass is 374 g/mol. The molecule has 6 nitrogen and oxygen atoms in total. The molecule has 26 heavy (non-hydrogen) atoms. The number of nitrogens with one attached hydrogen (secondary N) is 1. The van der Waals surface area contributed by atoms with Crippen molar-refractivity contribution >= 4 is 27.3 Å². The number of aryl methyl sites for hydroxylation is 1. The minimum Gasteiger partial charge on any atom is -0.454 e. The smallest absolute Gasteiger partial charge is 0.261 e. The van der Waals surface area contributed by atoms with Crippen LogP contribution in [0.1, 0.15) is 35.7 Å². The Morgan fingerprint density at radius 2 is 1.85 bits per heavy atom. The number of carbonyl (C=O) groups is 1. The Kier molecular flexibility index (Phi) is 4.91. The average Bonchev–Trinajstić information content (AvgIpc) is 2.70. The van der Waals surface area contributed by atoms with E-state index in [2.05, 4.69) is 4.72 Å². The summed E-state index contributed by atoms with van der Waals surface area (Å²) in [7, 11) is -1.76. The van der Waals surface area contributed by atoms with Crippen LogP contribution < -0.4 is 14.4 Å². The molecule has 0 radical (unpaired) electrons. The largest absolute Gasteiger partial charge is 0.454 e. The molecule has 0 spiro atoms. The van der Waals surface area contributed by atoms with Crippen LogP contribution in [0.25, 0.3) is 0 Å². The maximum atomic E-state index is 12.9. The Hall–Kier alpha value is -2.54. The zero-order valence-electron chi connectivity index (χ0n) is 15.1. The molecule has 1 aliphatic heterocycles. The number of sulfonamides is 1. The number of ether oxygens (including phenoxy) is 1. The predicted molar refractivity (Wildman–Crippen MR) is 103 cm³/mol. The van der Waals surface area contributed by atoms with Gasteiger partial charge in [-0.3, -0.25) is 9.52 Å². The number of hydrogen-bond acceptors (Lipinski definition) is 4. The topological polar surface area (TPSA) is 75.7 Å². The van der Waals surface area contributed by atoms with Crippen LogP contribution in [-0.2, 0) is 10.0 Å². The van der Waals surface area contributed by atoms with Crippen molar-refractivity contribution in [2.75, 3.05) is 22.4 Å². The molecule has 0 saturated carbocycles. The van der Waals surface area contributed by atoms with Gasteiger partial charge in [-0.15, -0.1) is 0 Å². The van der Waals surface area contributed by atoms with Gasteiger partial charge in [0.25, 0.3) is 5.91 Å². The molecule has 0 atom stereocenters. The minimum atomic E-state index is -3.44. The molecule has 138 valence electrons. The van der Waals surface area contributed by atoms with Crippen molar-refractivity contribution in [3.63, 3.8) is 0 Å². The summed E-state index contributed by atoms with van der Waals surface area (Å²) in [6.45, 7) is 3.88. The standard InChI is InChI=1S/C19H22N2O4S/c1-4-5-10-26(23,24)20-14-7-9-17-15(12-14)19(22)21(3)16-11-13(2)6-8-18(16)25-17/h6-9,11-12,20H,4-5,10H2,1-3H3. The van der Waals surface area contributed by atoms with Gasteiger partial charge in [0.15, 0.2) is 5.75 Å². The fourth-order valence-corrected chi connectivity index (χ4v) is 4.06. The lowest BCUT2D eigenvalue weighted by Crippen LogP contribution is -2.25. The van der Waals surface area contributed by atoms with E-state index in [1.807, 2.05) is 32.0 Å². The van der Waals surface area contributed by atoms with Gasteiger partial charge < -0.3 is 9.64 Å². The van der Waals surface area contributed by atoms with Crippen molar-refractivity contribution in [2.45, 2.75) is 26.7 Å². The van der Waals surface area contributed by atoms with Crippen molar-refractivity contribution in [3.8, 4) is 11.5 Å². The second-order valence-electron chi connectivity index (χ2n) is 6.42. The molecule has 2 aromatic rings. The van der Waals surface area contributed by atoms with Crippen LogP contribution in [0.3, 0.4) is 0 Å². The van der Waals surface area contributed by atoms with Gasteiger partial charge in [0.1, 0.15) is 5.75 Å². The zero-order chi connectivity index (χ0) is 18.9. The molecule has 0 unspecified atom stereocenters. The summed E-state index contributed by atoms with van der Waals surface area (Å²) in [4.78, 5) is 14.4. The summed E-state index contributed by atoms with van der Waals surface area (Å²) in [6.07, 6.45) is 1.37. The van der Waals surface area contributed by atoms with Crippen molar-refractivity contribution in [1.29, 1.82) is 0 Å². The molecule has 1 aliphatic rings. The zero-order valence-corrected chi connectivity index (χ0v) is 15.9. The third-order valence-corrected chi connectivity index (χ3v) is 5.62. The van der Waals surface area contributed by atoms with Gasteiger partial charge in [0, 0.05) is 12.7 Å². The highest BCUT2D eigenvalue weighted by Gasteiger charge is 2.26. The number of carbonyl (C=O) groups excluding carboxylic acids is 1. The number of benzene rings is 2. The van der Waals surface area contributed by atoms with E-state index in [1.54, 1.807) is 19.2 Å². The van der Waals surface area contributed by atoms with Crippen LogP contribution in [0.2, 0.25) is 0 Å². The first-order valence-corrected chi connectivity index (χ1v) is 10.2. The van der Waals surface area contributed by atoms with E-state index < -0.39 is 10.0 Å². The van der Waals surface area contributed by atoms with E-state index in [1.165, 1.54) is 11.0 Å². The van der Waals surface area contributed by atoms with E-state index in [4.69, 9.17) is 4.74 Å². The van der Waals surface area contributed by atoms with E-state index in [0.29, 0.717) is 34.9 Å². The van der Waals surface area contributed by atoms with Gasteiger partial charge in [-0.05, 0) is 49.2 Å². The molecule has 1 heterocycles. The highest BCUT2D eigenvalue weighted by Crippen LogP contribution is 2.39. The fraction of sp³-hybridized carbons (Fsp3) is 0.316. The Labute approximate surface area is 153 Å². The second-order valence-corrected chi connectivity index (χ2v) is 8.26. The second kappa shape index (κ2) is 6.99. The maximum absolute atomic E-state index is 12.9. The number of unbranched alkanes of at least 4 members (excludes halogenated alkanes) is 1. The molecular weight excluding hydrogens is 352 g/mol. The van der Waals surface area contributed by atoms with Crippen LogP contribution in [-0.4, -0.2) is 27.1 Å².